The van der Waals surface area contributed by atoms with Crippen molar-refractivity contribution in [1.29, 1.82) is 0 Å². The van der Waals surface area contributed by atoms with E-state index >= 15 is 0 Å². The first-order valence-electron chi connectivity index (χ1n) is 8.75. The number of para-hydroxylation sites is 1. The number of anilines is 1. The maximum Gasteiger partial charge on any atom is 0.430 e. The van der Waals surface area contributed by atoms with E-state index in [-0.39, 0.29) is 29.5 Å². The zero-order valence-corrected chi connectivity index (χ0v) is 16.4. The van der Waals surface area contributed by atoms with Crippen molar-refractivity contribution in [3.05, 3.63) is 59.0 Å². The van der Waals surface area contributed by atoms with Gasteiger partial charge in [0, 0.05) is 22.8 Å². The van der Waals surface area contributed by atoms with E-state index in [0.29, 0.717) is 17.9 Å². The summed E-state index contributed by atoms with van der Waals surface area (Å²) in [6, 6.07) is 10.5. The van der Waals surface area contributed by atoms with Gasteiger partial charge in [-0.15, -0.1) is 16.7 Å². The van der Waals surface area contributed by atoms with E-state index in [1.807, 2.05) is 0 Å². The molecule has 0 saturated carbocycles. The van der Waals surface area contributed by atoms with Gasteiger partial charge in [-0.1, -0.05) is 24.3 Å². The average Bonchev–Trinajstić information content (AvgIpc) is 2.71. The zero-order chi connectivity index (χ0) is 22.9. The molecule has 0 saturated heterocycles. The van der Waals surface area contributed by atoms with E-state index in [1.54, 1.807) is 30.3 Å². The first-order chi connectivity index (χ1) is 14.5. The fourth-order valence-corrected chi connectivity index (χ4v) is 4.12. The van der Waals surface area contributed by atoms with Gasteiger partial charge in [0.2, 0.25) is 0 Å². The minimum Gasteiger partial charge on any atom is -0.484 e. The molecule has 0 fully saturated rings. The lowest BCUT2D eigenvalue weighted by Crippen LogP contribution is -2.52. The number of fused-ring (bicyclic) bond motifs is 1. The monoisotopic (exact) mass is 464 g/mol. The van der Waals surface area contributed by atoms with E-state index < -0.39 is 29.4 Å². The van der Waals surface area contributed by atoms with Gasteiger partial charge in [0.15, 0.2) is 6.61 Å². The highest BCUT2D eigenvalue weighted by Crippen LogP contribution is 2.54. The Kier molecular flexibility index (Phi) is 6.21. The number of hydrogen-bond donors (Lipinski definition) is 0. The van der Waals surface area contributed by atoms with Crippen LogP contribution in [0.1, 0.15) is 5.56 Å². The Morgan fingerprint density at radius 1 is 1.03 bits per heavy atom. The van der Waals surface area contributed by atoms with E-state index in [2.05, 4.69) is 0 Å². The third kappa shape index (κ3) is 4.21. The molecule has 1 heterocycles. The highest BCUT2D eigenvalue weighted by molar-refractivity contribution is 7.99. The van der Waals surface area contributed by atoms with Crippen LogP contribution < -0.4 is 9.64 Å². The molecule has 12 heteroatoms. The van der Waals surface area contributed by atoms with Gasteiger partial charge in [-0.3, -0.25) is 4.79 Å². The summed E-state index contributed by atoms with van der Waals surface area (Å²) < 4.78 is 85.5. The van der Waals surface area contributed by atoms with Crippen molar-refractivity contribution in [3.8, 4) is 5.75 Å². The minimum absolute atomic E-state index is 0.00154. The van der Waals surface area contributed by atoms with Crippen molar-refractivity contribution in [2.24, 2.45) is 5.18 Å². The number of alkyl halides is 6. The standard InChI is InChI=1S/C19H14F6N2O3S/c20-18(21,22)17(26-29,19(23,24)25)12-6-7-14-15(10-12)31-9-8-27(14)16(28)11-30-13-4-2-1-3-5-13/h1-7,10H,8-9,11H2. The minimum atomic E-state index is -6.00. The number of halogens is 6. The fourth-order valence-electron chi connectivity index (χ4n) is 3.09. The van der Waals surface area contributed by atoms with Crippen molar-refractivity contribution in [2.45, 2.75) is 22.8 Å². The van der Waals surface area contributed by atoms with Crippen LogP contribution in [0.2, 0.25) is 0 Å². The third-order valence-corrected chi connectivity index (χ3v) is 5.63. The SMILES string of the molecule is O=NC(c1ccc2c(c1)SCCN2C(=O)COc1ccccc1)(C(F)(F)F)C(F)(F)F. The summed E-state index contributed by atoms with van der Waals surface area (Å²) in [4.78, 5) is 24.7. The Morgan fingerprint density at radius 3 is 2.26 bits per heavy atom. The molecule has 1 aliphatic rings. The maximum absolute atomic E-state index is 13.4. The van der Waals surface area contributed by atoms with Crippen LogP contribution >= 0.6 is 11.8 Å². The summed E-state index contributed by atoms with van der Waals surface area (Å²) in [5.74, 6) is 0.132. The largest absolute Gasteiger partial charge is 0.484 e. The molecule has 31 heavy (non-hydrogen) atoms. The number of rotatable bonds is 5. The topological polar surface area (TPSA) is 59.0 Å². The molecule has 0 unspecified atom stereocenters. The number of amides is 1. The zero-order valence-electron chi connectivity index (χ0n) is 15.5. The molecule has 1 amide bonds. The number of nitroso groups, excluding NO2 is 1. The highest BCUT2D eigenvalue weighted by atomic mass is 32.2. The van der Waals surface area contributed by atoms with Crippen LogP contribution in [0.3, 0.4) is 0 Å². The second-order valence-corrected chi connectivity index (χ2v) is 7.61. The third-order valence-electron chi connectivity index (χ3n) is 4.60. The molecule has 3 rings (SSSR count). The Labute approximate surface area is 176 Å². The smallest absolute Gasteiger partial charge is 0.430 e. The summed E-state index contributed by atoms with van der Waals surface area (Å²) in [5, 5.41) is 1.49. The number of carbonyl (C=O) groups is 1. The predicted octanol–water partition coefficient (Wildman–Crippen LogP) is 5.29. The molecule has 2 aromatic carbocycles. The fraction of sp³-hybridized carbons (Fsp3) is 0.316. The number of carbonyl (C=O) groups excluding carboxylic acids is 1. The second-order valence-electron chi connectivity index (χ2n) is 6.48. The summed E-state index contributed by atoms with van der Waals surface area (Å²) in [6.07, 6.45) is -12.0. The number of hydrogen-bond acceptors (Lipinski definition) is 5. The molecular weight excluding hydrogens is 450 g/mol. The van der Waals surface area contributed by atoms with Crippen LogP contribution in [-0.4, -0.2) is 37.2 Å². The van der Waals surface area contributed by atoms with Gasteiger partial charge in [-0.25, -0.2) is 0 Å². The number of benzene rings is 2. The van der Waals surface area contributed by atoms with Crippen molar-refractivity contribution in [2.75, 3.05) is 23.8 Å². The Hall–Kier alpha value is -2.76. The lowest BCUT2D eigenvalue weighted by Gasteiger charge is -2.33. The molecule has 0 atom stereocenters. The summed E-state index contributed by atoms with van der Waals surface area (Å²) in [6.45, 7) is -0.190. The number of ether oxygens (including phenoxy) is 1. The lowest BCUT2D eigenvalue weighted by atomic mass is 9.89. The van der Waals surface area contributed by atoms with Gasteiger partial charge in [0.25, 0.3) is 5.91 Å². The lowest BCUT2D eigenvalue weighted by molar-refractivity contribution is -0.301. The average molecular weight is 464 g/mol. The van der Waals surface area contributed by atoms with Crippen LogP contribution in [-0.2, 0) is 10.3 Å². The molecule has 2 aromatic rings. The van der Waals surface area contributed by atoms with Crippen molar-refractivity contribution >= 4 is 23.4 Å². The van der Waals surface area contributed by atoms with E-state index in [4.69, 9.17) is 4.74 Å². The van der Waals surface area contributed by atoms with Crippen molar-refractivity contribution in [3.63, 3.8) is 0 Å². The highest BCUT2D eigenvalue weighted by Gasteiger charge is 2.74. The molecule has 0 bridgehead atoms. The van der Waals surface area contributed by atoms with Crippen molar-refractivity contribution < 1.29 is 35.9 Å². The molecule has 0 aliphatic carbocycles. The maximum atomic E-state index is 13.4. The van der Waals surface area contributed by atoms with E-state index in [0.717, 1.165) is 17.8 Å². The van der Waals surface area contributed by atoms with Crippen LogP contribution in [0, 0.1) is 4.91 Å². The molecular formula is C19H14F6N2O3S. The van der Waals surface area contributed by atoms with E-state index in [9.17, 15) is 36.0 Å². The van der Waals surface area contributed by atoms with Crippen LogP contribution in [0.25, 0.3) is 0 Å². The normalized spacial score (nSPS) is 14.7. The van der Waals surface area contributed by atoms with Gasteiger partial charge in [-0.05, 0) is 29.4 Å². The molecule has 0 aromatic heterocycles. The molecule has 166 valence electrons. The summed E-state index contributed by atoms with van der Waals surface area (Å²) in [7, 11) is 0. The summed E-state index contributed by atoms with van der Waals surface area (Å²) >= 11 is 0.973. The first-order valence-corrected chi connectivity index (χ1v) is 9.73. The Bertz CT molecular complexity index is 951. The quantitative estimate of drug-likeness (QED) is 0.446. The first kappa shape index (κ1) is 22.9. The molecule has 1 aliphatic heterocycles. The Balaban J connectivity index is 1.92. The van der Waals surface area contributed by atoms with Crippen LogP contribution in [0.15, 0.2) is 58.6 Å². The molecule has 0 N–H and O–H groups in total. The Morgan fingerprint density at radius 2 is 1.68 bits per heavy atom. The van der Waals surface area contributed by atoms with E-state index in [1.165, 1.54) is 10.1 Å². The number of nitrogens with zero attached hydrogens (tertiary/aromatic N) is 2. The van der Waals surface area contributed by atoms with Crippen LogP contribution in [0.5, 0.6) is 5.75 Å². The number of thioether (sulfide) groups is 1. The second kappa shape index (κ2) is 8.40. The predicted molar refractivity (Wildman–Crippen MR) is 101 cm³/mol. The van der Waals surface area contributed by atoms with Gasteiger partial charge < -0.3 is 9.64 Å². The van der Waals surface area contributed by atoms with Gasteiger partial charge in [-0.2, -0.15) is 26.3 Å². The van der Waals surface area contributed by atoms with Crippen molar-refractivity contribution in [1.82, 2.24) is 0 Å². The molecule has 5 nitrogen and oxygen atoms in total. The van der Waals surface area contributed by atoms with Crippen LogP contribution in [0.4, 0.5) is 32.0 Å². The van der Waals surface area contributed by atoms with Gasteiger partial charge >= 0.3 is 17.9 Å². The van der Waals surface area contributed by atoms with Gasteiger partial charge in [0.05, 0.1) is 5.69 Å². The summed E-state index contributed by atoms with van der Waals surface area (Å²) in [5.41, 5.74) is -6.13. The van der Waals surface area contributed by atoms with Gasteiger partial charge in [0.1, 0.15) is 5.75 Å². The molecule has 0 spiro atoms. The molecule has 0 radical (unpaired) electrons.